The van der Waals surface area contributed by atoms with Crippen molar-refractivity contribution in [1.82, 2.24) is 20.1 Å². The standard InChI is InChI=1S/C28H27N5O3S/c1-19-7-5-10-22(15-19)33-25(17-29-27(35)21-9-6-11-23(16-21)36-2)30-31-28(33)37-18-26(34)32-14-13-20-8-3-4-12-24(20)32/h3-12,15-16H,13-14,17-18H2,1-2H3,(H,29,35). The van der Waals surface area contributed by atoms with E-state index in [-0.39, 0.29) is 24.1 Å². The molecule has 0 radical (unpaired) electrons. The summed E-state index contributed by atoms with van der Waals surface area (Å²) >= 11 is 1.34. The fourth-order valence-electron chi connectivity index (χ4n) is 4.36. The lowest BCUT2D eigenvalue weighted by Gasteiger charge is -2.17. The number of thioether (sulfide) groups is 1. The Bertz CT molecular complexity index is 1450. The van der Waals surface area contributed by atoms with Crippen LogP contribution in [0, 0.1) is 6.92 Å². The number of hydrogen-bond donors (Lipinski definition) is 1. The topological polar surface area (TPSA) is 89.3 Å². The van der Waals surface area contributed by atoms with E-state index in [2.05, 4.69) is 21.6 Å². The summed E-state index contributed by atoms with van der Waals surface area (Å²) in [5.41, 5.74) is 4.62. The Balaban J connectivity index is 1.34. The molecular weight excluding hydrogens is 486 g/mol. The fourth-order valence-corrected chi connectivity index (χ4v) is 5.21. The van der Waals surface area contributed by atoms with E-state index < -0.39 is 0 Å². The molecule has 0 spiro atoms. The number of fused-ring (bicyclic) bond motifs is 1. The minimum atomic E-state index is -0.241. The second-order valence-corrected chi connectivity index (χ2v) is 9.64. The van der Waals surface area contributed by atoms with Crippen molar-refractivity contribution >= 4 is 29.3 Å². The summed E-state index contributed by atoms with van der Waals surface area (Å²) in [6.45, 7) is 2.87. The molecular formula is C28H27N5O3S. The van der Waals surface area contributed by atoms with E-state index in [0.717, 1.165) is 23.4 Å². The van der Waals surface area contributed by atoms with Crippen LogP contribution in [0.15, 0.2) is 78.0 Å². The van der Waals surface area contributed by atoms with Gasteiger partial charge in [-0.1, -0.05) is 48.2 Å². The van der Waals surface area contributed by atoms with Gasteiger partial charge in [-0.25, -0.2) is 0 Å². The molecule has 0 atom stereocenters. The van der Waals surface area contributed by atoms with Gasteiger partial charge in [-0.15, -0.1) is 10.2 Å². The van der Waals surface area contributed by atoms with Crippen molar-refractivity contribution in [3.63, 3.8) is 0 Å². The number of carbonyl (C=O) groups excluding carboxylic acids is 2. The molecule has 1 aliphatic heterocycles. The molecule has 8 nitrogen and oxygen atoms in total. The highest BCUT2D eigenvalue weighted by molar-refractivity contribution is 7.99. The van der Waals surface area contributed by atoms with Crippen LogP contribution in [0.5, 0.6) is 5.75 Å². The van der Waals surface area contributed by atoms with Crippen LogP contribution in [0.2, 0.25) is 0 Å². The Labute approximate surface area is 219 Å². The first-order valence-corrected chi connectivity index (χ1v) is 13.0. The van der Waals surface area contributed by atoms with Crippen LogP contribution >= 0.6 is 11.8 Å². The fraction of sp³-hybridized carbons (Fsp3) is 0.214. The van der Waals surface area contributed by atoms with Crippen molar-refractivity contribution in [3.05, 3.63) is 95.3 Å². The monoisotopic (exact) mass is 513 g/mol. The summed E-state index contributed by atoms with van der Waals surface area (Å²) in [5, 5.41) is 12.3. The molecule has 5 rings (SSSR count). The molecule has 1 aromatic heterocycles. The number of hydrogen-bond acceptors (Lipinski definition) is 6. The first kappa shape index (κ1) is 24.6. The van der Waals surface area contributed by atoms with Gasteiger partial charge in [0.25, 0.3) is 5.91 Å². The zero-order valence-corrected chi connectivity index (χ0v) is 21.5. The summed E-state index contributed by atoms with van der Waals surface area (Å²) < 4.78 is 7.12. The van der Waals surface area contributed by atoms with E-state index in [9.17, 15) is 9.59 Å². The number of amides is 2. The maximum absolute atomic E-state index is 13.1. The highest BCUT2D eigenvalue weighted by atomic mass is 32.2. The van der Waals surface area contributed by atoms with Crippen LogP contribution in [0.1, 0.15) is 27.3 Å². The van der Waals surface area contributed by atoms with Gasteiger partial charge in [-0.2, -0.15) is 0 Å². The quantitative estimate of drug-likeness (QED) is 0.355. The Kier molecular flexibility index (Phi) is 7.23. The number of carbonyl (C=O) groups is 2. The zero-order valence-electron chi connectivity index (χ0n) is 20.7. The van der Waals surface area contributed by atoms with Gasteiger partial charge in [-0.05, 0) is 60.9 Å². The predicted octanol–water partition coefficient (Wildman–Crippen LogP) is 4.20. The molecule has 37 heavy (non-hydrogen) atoms. The molecule has 2 amide bonds. The SMILES string of the molecule is COc1cccc(C(=O)NCc2nnc(SCC(=O)N3CCc4ccccc43)n2-c2cccc(C)c2)c1. The lowest BCUT2D eigenvalue weighted by atomic mass is 10.2. The number of rotatable bonds is 8. The molecule has 4 aromatic rings. The van der Waals surface area contributed by atoms with E-state index >= 15 is 0 Å². The Morgan fingerprint density at radius 1 is 1.03 bits per heavy atom. The first-order valence-electron chi connectivity index (χ1n) is 12.0. The second kappa shape index (κ2) is 10.9. The number of nitrogens with zero attached hydrogens (tertiary/aromatic N) is 4. The maximum atomic E-state index is 13.1. The number of methoxy groups -OCH3 is 1. The molecule has 0 unspecified atom stereocenters. The summed E-state index contributed by atoms with van der Waals surface area (Å²) in [4.78, 5) is 27.7. The molecule has 0 saturated heterocycles. The first-order chi connectivity index (χ1) is 18.0. The van der Waals surface area contributed by atoms with Gasteiger partial charge in [-0.3, -0.25) is 14.2 Å². The Morgan fingerprint density at radius 2 is 1.86 bits per heavy atom. The Morgan fingerprint density at radius 3 is 2.70 bits per heavy atom. The van der Waals surface area contributed by atoms with Crippen LogP contribution in [0.4, 0.5) is 5.69 Å². The molecule has 9 heteroatoms. The smallest absolute Gasteiger partial charge is 0.251 e. The lowest BCUT2D eigenvalue weighted by Crippen LogP contribution is -2.30. The molecule has 0 aliphatic carbocycles. The second-order valence-electron chi connectivity index (χ2n) is 8.70. The summed E-state index contributed by atoms with van der Waals surface area (Å²) in [6, 6.07) is 23.0. The van der Waals surface area contributed by atoms with Gasteiger partial charge in [0.05, 0.1) is 19.4 Å². The number of aryl methyl sites for hydroxylation is 1. The minimum Gasteiger partial charge on any atom is -0.497 e. The van der Waals surface area contributed by atoms with Gasteiger partial charge in [0.2, 0.25) is 5.91 Å². The lowest BCUT2D eigenvalue weighted by molar-refractivity contribution is -0.116. The predicted molar refractivity (Wildman–Crippen MR) is 143 cm³/mol. The highest BCUT2D eigenvalue weighted by Gasteiger charge is 2.25. The third kappa shape index (κ3) is 5.36. The third-order valence-electron chi connectivity index (χ3n) is 6.21. The molecule has 1 aliphatic rings. The summed E-state index contributed by atoms with van der Waals surface area (Å²) in [5.74, 6) is 1.20. The number of nitrogens with one attached hydrogen (secondary N) is 1. The zero-order chi connectivity index (χ0) is 25.8. The normalized spacial score (nSPS) is 12.3. The van der Waals surface area contributed by atoms with Gasteiger partial charge in [0.1, 0.15) is 5.75 Å². The van der Waals surface area contributed by atoms with Crippen LogP contribution in [0.25, 0.3) is 5.69 Å². The number of aromatic nitrogens is 3. The van der Waals surface area contributed by atoms with E-state index in [1.165, 1.54) is 17.3 Å². The van der Waals surface area contributed by atoms with Crippen molar-refractivity contribution < 1.29 is 14.3 Å². The van der Waals surface area contributed by atoms with E-state index in [0.29, 0.717) is 28.8 Å². The average Bonchev–Trinajstić information content (AvgIpc) is 3.54. The average molecular weight is 514 g/mol. The highest BCUT2D eigenvalue weighted by Crippen LogP contribution is 2.29. The minimum absolute atomic E-state index is 0.0293. The van der Waals surface area contributed by atoms with Gasteiger partial charge < -0.3 is 15.0 Å². The van der Waals surface area contributed by atoms with Crippen molar-refractivity contribution in [3.8, 4) is 11.4 Å². The number of anilines is 1. The van der Waals surface area contributed by atoms with Gasteiger partial charge in [0.15, 0.2) is 11.0 Å². The molecule has 0 saturated carbocycles. The molecule has 2 heterocycles. The molecule has 188 valence electrons. The number of ether oxygens (including phenoxy) is 1. The van der Waals surface area contributed by atoms with E-state index in [1.807, 2.05) is 58.9 Å². The van der Waals surface area contributed by atoms with Crippen LogP contribution < -0.4 is 15.0 Å². The molecule has 0 bridgehead atoms. The van der Waals surface area contributed by atoms with E-state index in [4.69, 9.17) is 4.74 Å². The number of para-hydroxylation sites is 1. The van der Waals surface area contributed by atoms with Crippen molar-refractivity contribution in [2.24, 2.45) is 0 Å². The largest absolute Gasteiger partial charge is 0.497 e. The Hall–Kier alpha value is -4.11. The molecule has 0 fully saturated rings. The maximum Gasteiger partial charge on any atom is 0.251 e. The molecule has 3 aromatic carbocycles. The molecule has 1 N–H and O–H groups in total. The van der Waals surface area contributed by atoms with Gasteiger partial charge >= 0.3 is 0 Å². The van der Waals surface area contributed by atoms with Crippen LogP contribution in [0.3, 0.4) is 0 Å². The van der Waals surface area contributed by atoms with Gasteiger partial charge in [0, 0.05) is 23.5 Å². The summed E-state index contributed by atoms with van der Waals surface area (Å²) in [6.07, 6.45) is 0.864. The van der Waals surface area contributed by atoms with Crippen LogP contribution in [-0.2, 0) is 17.8 Å². The summed E-state index contributed by atoms with van der Waals surface area (Å²) in [7, 11) is 1.56. The number of benzene rings is 3. The van der Waals surface area contributed by atoms with Crippen molar-refractivity contribution in [1.29, 1.82) is 0 Å². The van der Waals surface area contributed by atoms with Crippen molar-refractivity contribution in [2.45, 2.75) is 25.0 Å². The van der Waals surface area contributed by atoms with Crippen LogP contribution in [-0.4, -0.2) is 46.0 Å². The van der Waals surface area contributed by atoms with Crippen molar-refractivity contribution in [2.75, 3.05) is 24.3 Å². The third-order valence-corrected chi connectivity index (χ3v) is 7.13. The van der Waals surface area contributed by atoms with E-state index in [1.54, 1.807) is 31.4 Å².